The molecule has 0 saturated carbocycles. The third-order valence-corrected chi connectivity index (χ3v) is 3.98. The highest BCUT2D eigenvalue weighted by Gasteiger charge is 2.34. The molecule has 0 aliphatic carbocycles. The number of halogens is 4. The van der Waals surface area contributed by atoms with Crippen LogP contribution in [0.5, 0.6) is 5.75 Å². The molecule has 2 rings (SSSR count). The first-order chi connectivity index (χ1) is 9.33. The highest BCUT2D eigenvalue weighted by molar-refractivity contribution is 14.1. The fraction of sp³-hybridized carbons (Fsp3) is 0.0833. The zero-order valence-corrected chi connectivity index (χ0v) is 11.7. The molecule has 0 amide bonds. The van der Waals surface area contributed by atoms with E-state index in [2.05, 4.69) is 4.74 Å². The van der Waals surface area contributed by atoms with E-state index in [4.69, 9.17) is 5.11 Å². The number of carboxylic acid groups (broad SMARTS) is 1. The second-order valence-corrected chi connectivity index (χ2v) is 5.23. The molecule has 1 N–H and O–H groups in total. The molecule has 20 heavy (non-hydrogen) atoms. The Morgan fingerprint density at radius 2 is 1.90 bits per heavy atom. The van der Waals surface area contributed by atoms with Crippen LogP contribution in [0.3, 0.4) is 0 Å². The second-order valence-electron chi connectivity index (χ2n) is 3.71. The maximum atomic E-state index is 12.3. The lowest BCUT2D eigenvalue weighted by Gasteiger charge is -2.13. The largest absolute Gasteiger partial charge is 0.573 e. The van der Waals surface area contributed by atoms with E-state index in [1.807, 2.05) is 0 Å². The van der Waals surface area contributed by atoms with E-state index < -0.39 is 48.4 Å². The fourth-order valence-corrected chi connectivity index (χ4v) is 3.01. The molecular weight excluding hydrogens is 392 g/mol. The Morgan fingerprint density at radius 1 is 1.25 bits per heavy atom. The minimum Gasteiger partial charge on any atom is -0.478 e. The molecule has 0 aromatic heterocycles. The molecule has 0 aliphatic heterocycles. The molecule has 2 aromatic rings. The van der Waals surface area contributed by atoms with Crippen LogP contribution in [0.1, 0.15) is 10.4 Å². The standard InChI is InChI=1S/C12H6F3IO4/c13-12(14,15)20-8-5-6-3-1-2-4-7(6)9(11(17)18)10(8)16-19/h1-5H,(H,17,18). The number of aromatic carboxylic acids is 1. The van der Waals surface area contributed by atoms with Gasteiger partial charge in [0.05, 0.1) is 5.56 Å². The van der Waals surface area contributed by atoms with Crippen LogP contribution in [0.25, 0.3) is 10.8 Å². The fourth-order valence-electron chi connectivity index (χ4n) is 1.78. The monoisotopic (exact) mass is 398 g/mol. The molecule has 0 aliphatic rings. The smallest absolute Gasteiger partial charge is 0.478 e. The van der Waals surface area contributed by atoms with Crippen LogP contribution in [0.4, 0.5) is 13.2 Å². The molecule has 4 nitrogen and oxygen atoms in total. The molecule has 0 spiro atoms. The van der Waals surface area contributed by atoms with Crippen molar-refractivity contribution in [1.82, 2.24) is 0 Å². The molecule has 0 unspecified atom stereocenters. The summed E-state index contributed by atoms with van der Waals surface area (Å²) in [5.74, 6) is -2.17. The first kappa shape index (κ1) is 14.7. The normalized spacial score (nSPS) is 11.6. The van der Waals surface area contributed by atoms with Crippen molar-refractivity contribution in [1.29, 1.82) is 0 Å². The second kappa shape index (κ2) is 5.35. The molecule has 106 valence electrons. The maximum Gasteiger partial charge on any atom is 0.573 e. The highest BCUT2D eigenvalue weighted by atomic mass is 127. The Morgan fingerprint density at radius 3 is 2.45 bits per heavy atom. The number of fused-ring (bicyclic) bond motifs is 1. The molecule has 0 atom stereocenters. The van der Waals surface area contributed by atoms with E-state index in [-0.39, 0.29) is 10.8 Å². The summed E-state index contributed by atoms with van der Waals surface area (Å²) in [4.78, 5) is 11.3. The summed E-state index contributed by atoms with van der Waals surface area (Å²) in [5, 5.41) is 9.65. The summed E-state index contributed by atoms with van der Waals surface area (Å²) in [6.07, 6.45) is -4.98. The number of rotatable bonds is 3. The minimum absolute atomic E-state index is 0.222. The molecule has 0 bridgehead atoms. The van der Waals surface area contributed by atoms with Crippen molar-refractivity contribution in [3.8, 4) is 5.75 Å². The van der Waals surface area contributed by atoms with Gasteiger partial charge < -0.3 is 9.84 Å². The van der Waals surface area contributed by atoms with Crippen molar-refractivity contribution in [3.63, 3.8) is 0 Å². The molecule has 0 radical (unpaired) electrons. The van der Waals surface area contributed by atoms with E-state index in [0.29, 0.717) is 0 Å². The Kier molecular flexibility index (Phi) is 3.93. The molecule has 2 aromatic carbocycles. The summed E-state index contributed by atoms with van der Waals surface area (Å²) in [6, 6.07) is 7.04. The molecule has 0 saturated heterocycles. The SMILES string of the molecule is O=Ic1c(OC(F)(F)F)cc2ccccc2c1C(=O)O. The Balaban J connectivity index is 2.81. The molecule has 0 fully saturated rings. The number of ether oxygens (including phenoxy) is 1. The van der Waals surface area contributed by atoms with E-state index >= 15 is 0 Å². The van der Waals surface area contributed by atoms with Crippen molar-refractivity contribution in [2.75, 3.05) is 0 Å². The Hall–Kier alpha value is -1.71. The van der Waals surface area contributed by atoms with Crippen molar-refractivity contribution < 1.29 is 30.9 Å². The highest BCUT2D eigenvalue weighted by Crippen LogP contribution is 2.36. The van der Waals surface area contributed by atoms with Gasteiger partial charge in [-0.05, 0) is 16.8 Å². The zero-order chi connectivity index (χ0) is 14.9. The molecule has 0 heterocycles. The van der Waals surface area contributed by atoms with Crippen LogP contribution in [0, 0.1) is 3.57 Å². The van der Waals surface area contributed by atoms with Crippen LogP contribution in [0.15, 0.2) is 30.3 Å². The average Bonchev–Trinajstić information content (AvgIpc) is 2.34. The van der Waals surface area contributed by atoms with Crippen LogP contribution in [-0.2, 0) is 3.07 Å². The van der Waals surface area contributed by atoms with Gasteiger partial charge in [0.1, 0.15) is 9.32 Å². The topological polar surface area (TPSA) is 63.6 Å². The van der Waals surface area contributed by atoms with Gasteiger partial charge in [-0.25, -0.2) is 4.79 Å². The van der Waals surface area contributed by atoms with E-state index in [1.165, 1.54) is 12.1 Å². The van der Waals surface area contributed by atoms with Gasteiger partial charge in [0.2, 0.25) is 0 Å². The van der Waals surface area contributed by atoms with Crippen LogP contribution >= 0.6 is 21.2 Å². The first-order valence-electron chi connectivity index (χ1n) is 5.15. The van der Waals surface area contributed by atoms with Crippen LogP contribution in [-0.4, -0.2) is 17.4 Å². The van der Waals surface area contributed by atoms with Gasteiger partial charge in [-0.2, -0.15) is 0 Å². The van der Waals surface area contributed by atoms with Gasteiger partial charge in [0, 0.05) is 0 Å². The first-order valence-corrected chi connectivity index (χ1v) is 7.11. The van der Waals surface area contributed by atoms with Gasteiger partial charge >= 0.3 is 12.3 Å². The lowest BCUT2D eigenvalue weighted by Crippen LogP contribution is -2.18. The predicted molar refractivity (Wildman–Crippen MR) is 71.0 cm³/mol. The molecule has 8 heteroatoms. The van der Waals surface area contributed by atoms with E-state index in [9.17, 15) is 21.0 Å². The summed E-state index contributed by atoms with van der Waals surface area (Å²) >= 11 is -2.15. The number of carbonyl (C=O) groups is 1. The van der Waals surface area contributed by atoms with Crippen molar-refractivity contribution in [3.05, 3.63) is 39.5 Å². The predicted octanol–water partition coefficient (Wildman–Crippen LogP) is 3.92. The van der Waals surface area contributed by atoms with E-state index in [1.54, 1.807) is 12.1 Å². The number of hydrogen-bond donors (Lipinski definition) is 1. The van der Waals surface area contributed by atoms with Gasteiger partial charge in [-0.1, -0.05) is 24.3 Å². The van der Waals surface area contributed by atoms with Gasteiger partial charge in [0.25, 0.3) is 0 Å². The lowest BCUT2D eigenvalue weighted by atomic mass is 10.0. The van der Waals surface area contributed by atoms with Crippen LogP contribution < -0.4 is 4.74 Å². The van der Waals surface area contributed by atoms with E-state index in [0.717, 1.165) is 6.07 Å². The van der Waals surface area contributed by atoms with Crippen molar-refractivity contribution in [2.24, 2.45) is 0 Å². The van der Waals surface area contributed by atoms with Gasteiger partial charge in [0.15, 0.2) is 21.2 Å². The minimum atomic E-state index is -4.98. The number of hydrogen-bond acceptors (Lipinski definition) is 3. The Labute approximate surface area is 120 Å². The summed E-state index contributed by atoms with van der Waals surface area (Å²) in [6.45, 7) is 0. The lowest BCUT2D eigenvalue weighted by molar-refractivity contribution is -0.274. The van der Waals surface area contributed by atoms with Gasteiger partial charge in [-0.15, -0.1) is 13.2 Å². The summed E-state index contributed by atoms with van der Waals surface area (Å²) in [5.41, 5.74) is -0.412. The summed E-state index contributed by atoms with van der Waals surface area (Å²) < 4.78 is 51.6. The number of alkyl halides is 3. The third-order valence-electron chi connectivity index (χ3n) is 2.47. The number of benzene rings is 2. The quantitative estimate of drug-likeness (QED) is 0.797. The number of carboxylic acids is 1. The third kappa shape index (κ3) is 2.89. The van der Waals surface area contributed by atoms with Crippen molar-refractivity contribution in [2.45, 2.75) is 6.36 Å². The summed E-state index contributed by atoms with van der Waals surface area (Å²) in [7, 11) is 0. The van der Waals surface area contributed by atoms with Gasteiger partial charge in [-0.3, -0.25) is 3.07 Å². The van der Waals surface area contributed by atoms with Crippen LogP contribution in [0.2, 0.25) is 0 Å². The average molecular weight is 398 g/mol. The Bertz CT molecular complexity index is 697. The maximum absolute atomic E-state index is 12.3. The van der Waals surface area contributed by atoms with Crippen molar-refractivity contribution >= 4 is 37.9 Å². The zero-order valence-electron chi connectivity index (χ0n) is 9.57. The molecular formula is C12H6F3IO4.